The molecule has 0 saturated carbocycles. The zero-order chi connectivity index (χ0) is 11.4. The van der Waals surface area contributed by atoms with Crippen molar-refractivity contribution in [3.8, 4) is 5.75 Å². The SMILES string of the molecule is CN(Cc1ccccc1O)CC1CCCN1. The van der Waals surface area contributed by atoms with Crippen molar-refractivity contribution in [2.24, 2.45) is 0 Å². The van der Waals surface area contributed by atoms with Crippen LogP contribution in [0.2, 0.25) is 0 Å². The Hall–Kier alpha value is -1.06. The lowest BCUT2D eigenvalue weighted by Gasteiger charge is -2.21. The van der Waals surface area contributed by atoms with E-state index in [1.807, 2.05) is 18.2 Å². The van der Waals surface area contributed by atoms with Gasteiger partial charge in [-0.1, -0.05) is 18.2 Å². The molecule has 16 heavy (non-hydrogen) atoms. The maximum Gasteiger partial charge on any atom is 0.120 e. The molecule has 1 aromatic rings. The standard InChI is InChI=1S/C13H20N2O/c1-15(10-12-6-4-8-14-12)9-11-5-2-3-7-13(11)16/h2-3,5,7,12,14,16H,4,6,8-10H2,1H3. The molecule has 0 aromatic heterocycles. The van der Waals surface area contributed by atoms with Gasteiger partial charge in [-0.3, -0.25) is 0 Å². The highest BCUT2D eigenvalue weighted by Gasteiger charge is 2.16. The number of benzene rings is 1. The molecule has 1 fully saturated rings. The molecule has 1 heterocycles. The van der Waals surface area contributed by atoms with Crippen molar-refractivity contribution in [2.45, 2.75) is 25.4 Å². The van der Waals surface area contributed by atoms with Crippen LogP contribution in [-0.2, 0) is 6.54 Å². The highest BCUT2D eigenvalue weighted by atomic mass is 16.3. The lowest BCUT2D eigenvalue weighted by molar-refractivity contribution is 0.289. The predicted molar refractivity (Wildman–Crippen MR) is 65.5 cm³/mol. The largest absolute Gasteiger partial charge is 0.508 e. The quantitative estimate of drug-likeness (QED) is 0.808. The third kappa shape index (κ3) is 2.97. The molecule has 0 amide bonds. The molecule has 1 aliphatic heterocycles. The molecule has 88 valence electrons. The van der Waals surface area contributed by atoms with E-state index in [0.717, 1.165) is 25.2 Å². The minimum Gasteiger partial charge on any atom is -0.508 e. The van der Waals surface area contributed by atoms with Gasteiger partial charge in [-0.2, -0.15) is 0 Å². The summed E-state index contributed by atoms with van der Waals surface area (Å²) in [5.41, 5.74) is 1.00. The second kappa shape index (κ2) is 5.32. The second-order valence-electron chi connectivity index (χ2n) is 4.62. The molecule has 1 aliphatic rings. The lowest BCUT2D eigenvalue weighted by atomic mass is 10.1. The Kier molecular flexibility index (Phi) is 3.80. The summed E-state index contributed by atoms with van der Waals surface area (Å²) in [5, 5.41) is 13.2. The van der Waals surface area contributed by atoms with Gasteiger partial charge in [0.15, 0.2) is 0 Å². The van der Waals surface area contributed by atoms with Crippen LogP contribution >= 0.6 is 0 Å². The highest BCUT2D eigenvalue weighted by molar-refractivity contribution is 5.31. The zero-order valence-electron chi connectivity index (χ0n) is 9.82. The van der Waals surface area contributed by atoms with Crippen LogP contribution in [0.15, 0.2) is 24.3 Å². The Morgan fingerprint density at radius 1 is 1.44 bits per heavy atom. The lowest BCUT2D eigenvalue weighted by Crippen LogP contribution is -2.34. The van der Waals surface area contributed by atoms with Crippen LogP contribution in [0.25, 0.3) is 0 Å². The van der Waals surface area contributed by atoms with Crippen LogP contribution in [0, 0.1) is 0 Å². The fraction of sp³-hybridized carbons (Fsp3) is 0.538. The first-order chi connectivity index (χ1) is 7.75. The number of hydrogen-bond donors (Lipinski definition) is 2. The minimum absolute atomic E-state index is 0.397. The molecular formula is C13H20N2O. The van der Waals surface area contributed by atoms with Gasteiger partial charge in [0.05, 0.1) is 0 Å². The fourth-order valence-corrected chi connectivity index (χ4v) is 2.29. The van der Waals surface area contributed by atoms with E-state index in [1.54, 1.807) is 6.07 Å². The third-order valence-corrected chi connectivity index (χ3v) is 3.13. The fourth-order valence-electron chi connectivity index (χ4n) is 2.29. The zero-order valence-corrected chi connectivity index (χ0v) is 9.82. The monoisotopic (exact) mass is 220 g/mol. The van der Waals surface area contributed by atoms with Gasteiger partial charge in [-0.25, -0.2) is 0 Å². The van der Waals surface area contributed by atoms with Crippen molar-refractivity contribution in [1.82, 2.24) is 10.2 Å². The number of hydrogen-bond acceptors (Lipinski definition) is 3. The Bertz CT molecular complexity index is 334. The summed E-state index contributed by atoms with van der Waals surface area (Å²) in [6.07, 6.45) is 2.56. The van der Waals surface area contributed by atoms with Gasteiger partial charge < -0.3 is 15.3 Å². The van der Waals surface area contributed by atoms with E-state index in [1.165, 1.54) is 12.8 Å². The van der Waals surface area contributed by atoms with E-state index in [9.17, 15) is 5.11 Å². The summed E-state index contributed by atoms with van der Waals surface area (Å²) >= 11 is 0. The maximum absolute atomic E-state index is 9.68. The van der Waals surface area contributed by atoms with E-state index >= 15 is 0 Å². The van der Waals surface area contributed by atoms with E-state index in [-0.39, 0.29) is 0 Å². The van der Waals surface area contributed by atoms with E-state index in [2.05, 4.69) is 17.3 Å². The summed E-state index contributed by atoms with van der Waals surface area (Å²) in [6, 6.07) is 8.18. The number of phenolic OH excluding ortho intramolecular Hbond substituents is 1. The molecule has 0 aliphatic carbocycles. The van der Waals surface area contributed by atoms with Crippen LogP contribution in [0.3, 0.4) is 0 Å². The Labute approximate surface area is 97.1 Å². The summed E-state index contributed by atoms with van der Waals surface area (Å²) in [4.78, 5) is 2.26. The van der Waals surface area contributed by atoms with Crippen molar-refractivity contribution in [3.05, 3.63) is 29.8 Å². The number of phenols is 1. The highest BCUT2D eigenvalue weighted by Crippen LogP contribution is 2.17. The normalized spacial score (nSPS) is 20.5. The average molecular weight is 220 g/mol. The van der Waals surface area contributed by atoms with E-state index in [0.29, 0.717) is 11.8 Å². The van der Waals surface area contributed by atoms with Crippen molar-refractivity contribution in [1.29, 1.82) is 0 Å². The molecule has 2 N–H and O–H groups in total. The van der Waals surface area contributed by atoms with Gasteiger partial charge in [0.2, 0.25) is 0 Å². The van der Waals surface area contributed by atoms with Crippen LogP contribution < -0.4 is 5.32 Å². The molecule has 1 saturated heterocycles. The molecular weight excluding hydrogens is 200 g/mol. The minimum atomic E-state index is 0.397. The van der Waals surface area contributed by atoms with Crippen molar-refractivity contribution >= 4 is 0 Å². The molecule has 1 atom stereocenters. The molecule has 1 unspecified atom stereocenters. The van der Waals surface area contributed by atoms with Crippen LogP contribution in [-0.4, -0.2) is 36.2 Å². The van der Waals surface area contributed by atoms with Gasteiger partial charge in [0.1, 0.15) is 5.75 Å². The number of para-hydroxylation sites is 1. The van der Waals surface area contributed by atoms with E-state index < -0.39 is 0 Å². The molecule has 0 radical (unpaired) electrons. The molecule has 0 spiro atoms. The number of rotatable bonds is 4. The van der Waals surface area contributed by atoms with Crippen LogP contribution in [0.5, 0.6) is 5.75 Å². The van der Waals surface area contributed by atoms with Gasteiger partial charge in [0, 0.05) is 24.7 Å². The van der Waals surface area contributed by atoms with Crippen molar-refractivity contribution < 1.29 is 5.11 Å². The molecule has 3 nitrogen and oxygen atoms in total. The Morgan fingerprint density at radius 3 is 2.94 bits per heavy atom. The van der Waals surface area contributed by atoms with Gasteiger partial charge in [-0.15, -0.1) is 0 Å². The topological polar surface area (TPSA) is 35.5 Å². The molecule has 1 aromatic carbocycles. The number of likely N-dealkylation sites (N-methyl/N-ethyl adjacent to an activating group) is 1. The number of aromatic hydroxyl groups is 1. The average Bonchev–Trinajstić information content (AvgIpc) is 2.74. The Morgan fingerprint density at radius 2 is 2.25 bits per heavy atom. The maximum atomic E-state index is 9.68. The summed E-state index contributed by atoms with van der Waals surface area (Å²) in [6.45, 7) is 3.01. The number of nitrogens with zero attached hydrogens (tertiary/aromatic N) is 1. The van der Waals surface area contributed by atoms with Crippen LogP contribution in [0.1, 0.15) is 18.4 Å². The smallest absolute Gasteiger partial charge is 0.120 e. The Balaban J connectivity index is 1.86. The summed E-state index contributed by atoms with van der Waals surface area (Å²) in [7, 11) is 2.10. The van der Waals surface area contributed by atoms with Crippen molar-refractivity contribution in [2.75, 3.05) is 20.1 Å². The molecule has 3 heteroatoms. The van der Waals surface area contributed by atoms with Gasteiger partial charge in [0.25, 0.3) is 0 Å². The molecule has 0 bridgehead atoms. The summed E-state index contributed by atoms with van der Waals surface area (Å²) in [5.74, 6) is 0.397. The third-order valence-electron chi connectivity index (χ3n) is 3.13. The number of nitrogens with one attached hydrogen (secondary N) is 1. The van der Waals surface area contributed by atoms with Crippen molar-refractivity contribution in [3.63, 3.8) is 0 Å². The van der Waals surface area contributed by atoms with Gasteiger partial charge in [-0.05, 0) is 32.5 Å². The molecule has 2 rings (SSSR count). The first-order valence-electron chi connectivity index (χ1n) is 5.94. The second-order valence-corrected chi connectivity index (χ2v) is 4.62. The van der Waals surface area contributed by atoms with Gasteiger partial charge >= 0.3 is 0 Å². The summed E-state index contributed by atoms with van der Waals surface area (Å²) < 4.78 is 0. The van der Waals surface area contributed by atoms with E-state index in [4.69, 9.17) is 0 Å². The first kappa shape index (κ1) is 11.4. The van der Waals surface area contributed by atoms with Crippen LogP contribution in [0.4, 0.5) is 0 Å². The first-order valence-corrected chi connectivity index (χ1v) is 5.94. The predicted octanol–water partition coefficient (Wildman–Crippen LogP) is 1.58.